The zero-order valence-corrected chi connectivity index (χ0v) is 17.5. The van der Waals surface area contributed by atoms with E-state index in [0.29, 0.717) is 19.0 Å². The molecule has 1 heterocycles. The Kier molecular flexibility index (Phi) is 9.79. The number of ether oxygens (including phenoxy) is 1. The van der Waals surface area contributed by atoms with Crippen molar-refractivity contribution in [1.29, 1.82) is 0 Å². The van der Waals surface area contributed by atoms with Crippen molar-refractivity contribution in [2.45, 2.75) is 46.2 Å². The molecule has 0 aliphatic carbocycles. The zero-order valence-electron chi connectivity index (χ0n) is 17.5. The van der Waals surface area contributed by atoms with Gasteiger partial charge in [-0.25, -0.2) is 4.99 Å². The van der Waals surface area contributed by atoms with Gasteiger partial charge in [-0.1, -0.05) is 19.1 Å². The molecule has 0 spiro atoms. The van der Waals surface area contributed by atoms with E-state index in [0.717, 1.165) is 63.0 Å². The van der Waals surface area contributed by atoms with Crippen molar-refractivity contribution >= 4 is 17.6 Å². The highest BCUT2D eigenvalue weighted by Crippen LogP contribution is 2.12. The SMILES string of the molecule is CCNC(=NCc1cccc(NC(=O)CCN2CCOCC2)c1)NC(C)CC. The molecular weight excluding hydrogens is 354 g/mol. The molecule has 1 aliphatic heterocycles. The molecule has 0 saturated carbocycles. The van der Waals surface area contributed by atoms with E-state index < -0.39 is 0 Å². The first kappa shape index (κ1) is 22.2. The highest BCUT2D eigenvalue weighted by atomic mass is 16.5. The van der Waals surface area contributed by atoms with E-state index in [1.807, 2.05) is 24.3 Å². The summed E-state index contributed by atoms with van der Waals surface area (Å²) in [6, 6.07) is 8.26. The average Bonchev–Trinajstić information content (AvgIpc) is 2.71. The van der Waals surface area contributed by atoms with Gasteiger partial charge in [0, 0.05) is 44.3 Å². The standard InChI is InChI=1S/C21H35N5O2/c1-4-17(3)24-21(22-5-2)23-16-18-7-6-8-19(15-18)25-20(27)9-10-26-11-13-28-14-12-26/h6-8,15,17H,4-5,9-14,16H2,1-3H3,(H,25,27)(H2,22,23,24). The van der Waals surface area contributed by atoms with Gasteiger partial charge in [-0.15, -0.1) is 0 Å². The molecule has 0 aromatic heterocycles. The Labute approximate surface area is 168 Å². The fourth-order valence-corrected chi connectivity index (χ4v) is 2.88. The molecule has 7 heteroatoms. The summed E-state index contributed by atoms with van der Waals surface area (Å²) in [5.41, 5.74) is 1.88. The van der Waals surface area contributed by atoms with Gasteiger partial charge in [0.15, 0.2) is 5.96 Å². The van der Waals surface area contributed by atoms with Crippen LogP contribution >= 0.6 is 0 Å². The molecule has 1 aliphatic rings. The first-order chi connectivity index (χ1) is 13.6. The highest BCUT2D eigenvalue weighted by molar-refractivity contribution is 5.90. The maximum Gasteiger partial charge on any atom is 0.225 e. The van der Waals surface area contributed by atoms with Crippen molar-refractivity contribution in [2.24, 2.45) is 4.99 Å². The third kappa shape index (κ3) is 8.27. The summed E-state index contributed by atoms with van der Waals surface area (Å²) in [6.45, 7) is 11.8. The second-order valence-corrected chi connectivity index (χ2v) is 7.10. The van der Waals surface area contributed by atoms with Crippen molar-refractivity contribution in [3.05, 3.63) is 29.8 Å². The quantitative estimate of drug-likeness (QED) is 0.446. The molecule has 156 valence electrons. The average molecular weight is 390 g/mol. The number of hydrogen-bond donors (Lipinski definition) is 3. The molecular formula is C21H35N5O2. The van der Waals surface area contributed by atoms with Gasteiger partial charge in [0.1, 0.15) is 0 Å². The van der Waals surface area contributed by atoms with Gasteiger partial charge in [-0.3, -0.25) is 9.69 Å². The Hall–Kier alpha value is -2.12. The molecule has 0 bridgehead atoms. The number of benzene rings is 1. The Balaban J connectivity index is 1.85. The number of rotatable bonds is 9. The highest BCUT2D eigenvalue weighted by Gasteiger charge is 2.12. The summed E-state index contributed by atoms with van der Waals surface area (Å²) in [4.78, 5) is 19.2. The van der Waals surface area contributed by atoms with Gasteiger partial charge in [0.25, 0.3) is 0 Å². The van der Waals surface area contributed by atoms with Crippen molar-refractivity contribution in [3.63, 3.8) is 0 Å². The Bertz CT molecular complexity index is 629. The molecule has 1 fully saturated rings. The van der Waals surface area contributed by atoms with Crippen LogP contribution in [0.25, 0.3) is 0 Å². The Morgan fingerprint density at radius 3 is 2.79 bits per heavy atom. The summed E-state index contributed by atoms with van der Waals surface area (Å²) in [6.07, 6.45) is 1.53. The van der Waals surface area contributed by atoms with Crippen molar-refractivity contribution < 1.29 is 9.53 Å². The van der Waals surface area contributed by atoms with Gasteiger partial charge in [0.05, 0.1) is 19.8 Å². The molecule has 3 N–H and O–H groups in total. The third-order valence-corrected chi connectivity index (χ3v) is 4.73. The number of carbonyl (C=O) groups excluding carboxylic acids is 1. The molecule has 1 unspecified atom stereocenters. The van der Waals surface area contributed by atoms with E-state index in [9.17, 15) is 4.79 Å². The van der Waals surface area contributed by atoms with E-state index >= 15 is 0 Å². The van der Waals surface area contributed by atoms with Crippen molar-refractivity contribution in [3.8, 4) is 0 Å². The van der Waals surface area contributed by atoms with Crippen LogP contribution in [0.5, 0.6) is 0 Å². The van der Waals surface area contributed by atoms with E-state index in [-0.39, 0.29) is 5.91 Å². The first-order valence-electron chi connectivity index (χ1n) is 10.3. The minimum Gasteiger partial charge on any atom is -0.379 e. The molecule has 2 rings (SSSR count). The summed E-state index contributed by atoms with van der Waals surface area (Å²) in [5.74, 6) is 0.857. The van der Waals surface area contributed by atoms with E-state index in [4.69, 9.17) is 4.74 Å². The smallest absolute Gasteiger partial charge is 0.225 e. The molecule has 0 radical (unpaired) electrons. The number of morpholine rings is 1. The lowest BCUT2D eigenvalue weighted by atomic mass is 10.2. The molecule has 7 nitrogen and oxygen atoms in total. The van der Waals surface area contributed by atoms with E-state index in [2.05, 4.69) is 46.6 Å². The van der Waals surface area contributed by atoms with Crippen LogP contribution in [-0.4, -0.2) is 62.2 Å². The Morgan fingerprint density at radius 1 is 1.29 bits per heavy atom. The lowest BCUT2D eigenvalue weighted by Crippen LogP contribution is -2.41. The number of amides is 1. The van der Waals surface area contributed by atoms with Crippen molar-refractivity contribution in [1.82, 2.24) is 15.5 Å². The first-order valence-corrected chi connectivity index (χ1v) is 10.3. The van der Waals surface area contributed by atoms with E-state index in [1.54, 1.807) is 0 Å². The van der Waals surface area contributed by atoms with Crippen LogP contribution in [0, 0.1) is 0 Å². The monoisotopic (exact) mass is 389 g/mol. The summed E-state index contributed by atoms with van der Waals surface area (Å²) < 4.78 is 5.34. The van der Waals surface area contributed by atoms with E-state index in [1.165, 1.54) is 0 Å². The molecule has 1 aromatic rings. The van der Waals surface area contributed by atoms with Gasteiger partial charge < -0.3 is 20.7 Å². The predicted molar refractivity (Wildman–Crippen MR) is 115 cm³/mol. The minimum absolute atomic E-state index is 0.0407. The molecule has 1 atom stereocenters. The van der Waals surface area contributed by atoms with Crippen LogP contribution in [0.2, 0.25) is 0 Å². The van der Waals surface area contributed by atoms with Crippen LogP contribution < -0.4 is 16.0 Å². The van der Waals surface area contributed by atoms with Gasteiger partial charge in [-0.05, 0) is 38.0 Å². The Morgan fingerprint density at radius 2 is 2.07 bits per heavy atom. The fraction of sp³-hybridized carbons (Fsp3) is 0.619. The summed E-state index contributed by atoms with van der Waals surface area (Å²) in [5, 5.41) is 9.66. The van der Waals surface area contributed by atoms with Crippen molar-refractivity contribution in [2.75, 3.05) is 44.7 Å². The molecule has 28 heavy (non-hydrogen) atoms. The van der Waals surface area contributed by atoms with Crippen LogP contribution in [0.1, 0.15) is 39.2 Å². The number of hydrogen-bond acceptors (Lipinski definition) is 4. The maximum absolute atomic E-state index is 12.3. The van der Waals surface area contributed by atoms with Crippen LogP contribution in [-0.2, 0) is 16.1 Å². The summed E-state index contributed by atoms with van der Waals surface area (Å²) in [7, 11) is 0. The van der Waals surface area contributed by atoms with Gasteiger partial charge >= 0.3 is 0 Å². The number of nitrogens with one attached hydrogen (secondary N) is 3. The molecule has 1 saturated heterocycles. The predicted octanol–water partition coefficient (Wildman–Crippen LogP) is 2.20. The fourth-order valence-electron chi connectivity index (χ4n) is 2.88. The number of carbonyl (C=O) groups is 1. The number of aliphatic imine (C=N–C) groups is 1. The summed E-state index contributed by atoms with van der Waals surface area (Å²) >= 11 is 0. The largest absolute Gasteiger partial charge is 0.379 e. The second kappa shape index (κ2) is 12.4. The normalized spacial score (nSPS) is 16.5. The number of nitrogens with zero attached hydrogens (tertiary/aromatic N) is 2. The number of anilines is 1. The third-order valence-electron chi connectivity index (χ3n) is 4.73. The van der Waals surface area contributed by atoms with Crippen LogP contribution in [0.15, 0.2) is 29.3 Å². The van der Waals surface area contributed by atoms with Gasteiger partial charge in [-0.2, -0.15) is 0 Å². The topological polar surface area (TPSA) is 78.0 Å². The zero-order chi connectivity index (χ0) is 20.2. The minimum atomic E-state index is 0.0407. The lowest BCUT2D eigenvalue weighted by molar-refractivity contribution is -0.116. The maximum atomic E-state index is 12.3. The second-order valence-electron chi connectivity index (χ2n) is 7.10. The van der Waals surface area contributed by atoms with Gasteiger partial charge in [0.2, 0.25) is 5.91 Å². The van der Waals surface area contributed by atoms with Crippen LogP contribution in [0.4, 0.5) is 5.69 Å². The number of guanidine groups is 1. The molecule has 1 amide bonds. The lowest BCUT2D eigenvalue weighted by Gasteiger charge is -2.26. The molecule has 1 aromatic carbocycles. The van der Waals surface area contributed by atoms with Crippen LogP contribution in [0.3, 0.4) is 0 Å².